The third-order valence-corrected chi connectivity index (χ3v) is 1.48. The molecule has 1 rings (SSSR count). The van der Waals surface area contributed by atoms with Crippen molar-refractivity contribution in [2.24, 2.45) is 0 Å². The molecule has 12 heavy (non-hydrogen) atoms. The number of nitrogens with one attached hydrogen (secondary N) is 1. The van der Waals surface area contributed by atoms with Crippen molar-refractivity contribution < 1.29 is 4.39 Å². The lowest BCUT2D eigenvalue weighted by Crippen LogP contribution is -2.14. The largest absolute Gasteiger partial charge is 0.315 e. The van der Waals surface area contributed by atoms with Crippen LogP contribution in [0.2, 0.25) is 0 Å². The molecule has 1 heterocycles. The van der Waals surface area contributed by atoms with Crippen molar-refractivity contribution in [1.82, 2.24) is 10.3 Å². The van der Waals surface area contributed by atoms with E-state index in [-0.39, 0.29) is 11.7 Å². The van der Waals surface area contributed by atoms with Gasteiger partial charge in [0.05, 0.1) is 11.7 Å². The van der Waals surface area contributed by atoms with Crippen molar-refractivity contribution in [2.75, 3.05) is 0 Å². The smallest absolute Gasteiger partial charge is 0.177 e. The van der Waals surface area contributed by atoms with Crippen LogP contribution >= 0.6 is 0 Å². The van der Waals surface area contributed by atoms with Gasteiger partial charge in [0.25, 0.3) is 0 Å². The number of nitrogens with zero attached hydrogens (tertiary/aromatic N) is 2. The zero-order valence-electron chi connectivity index (χ0n) is 6.58. The van der Waals surface area contributed by atoms with Crippen LogP contribution in [-0.2, 0) is 0 Å². The van der Waals surface area contributed by atoms with E-state index < -0.39 is 5.82 Å². The van der Waals surface area contributed by atoms with Crippen molar-refractivity contribution >= 4 is 0 Å². The normalized spacial score (nSPS) is 11.8. The van der Waals surface area contributed by atoms with Gasteiger partial charge in [-0.25, -0.2) is 4.39 Å². The maximum absolute atomic E-state index is 13.0. The summed E-state index contributed by atoms with van der Waals surface area (Å²) in [6.07, 6.45) is 3.23. The van der Waals surface area contributed by atoms with Gasteiger partial charge in [0.15, 0.2) is 6.19 Å². The van der Waals surface area contributed by atoms with Crippen molar-refractivity contribution in [3.63, 3.8) is 0 Å². The number of aromatic nitrogens is 1. The summed E-state index contributed by atoms with van der Waals surface area (Å²) in [5.41, 5.74) is 0.263. The average molecular weight is 165 g/mol. The van der Waals surface area contributed by atoms with E-state index in [0.717, 1.165) is 0 Å². The Morgan fingerprint density at radius 2 is 2.50 bits per heavy atom. The predicted molar refractivity (Wildman–Crippen MR) is 41.4 cm³/mol. The van der Waals surface area contributed by atoms with Crippen LogP contribution in [0.15, 0.2) is 18.3 Å². The molecule has 0 saturated carbocycles. The molecule has 0 aliphatic rings. The molecule has 0 aliphatic heterocycles. The van der Waals surface area contributed by atoms with Crippen LogP contribution in [0, 0.1) is 17.3 Å². The zero-order chi connectivity index (χ0) is 8.97. The molecule has 0 saturated heterocycles. The maximum atomic E-state index is 13.0. The van der Waals surface area contributed by atoms with Crippen LogP contribution in [-0.4, -0.2) is 4.98 Å². The Kier molecular flexibility index (Phi) is 2.59. The highest BCUT2D eigenvalue weighted by molar-refractivity contribution is 5.11. The molecule has 1 aromatic rings. The molecule has 1 N–H and O–H groups in total. The van der Waals surface area contributed by atoms with Gasteiger partial charge in [-0.2, -0.15) is 5.26 Å². The van der Waals surface area contributed by atoms with Gasteiger partial charge < -0.3 is 5.32 Å². The molecule has 0 spiro atoms. The fourth-order valence-electron chi connectivity index (χ4n) is 0.882. The lowest BCUT2D eigenvalue weighted by molar-refractivity contribution is 0.558. The van der Waals surface area contributed by atoms with E-state index in [1.54, 1.807) is 13.1 Å². The lowest BCUT2D eigenvalue weighted by Gasteiger charge is -2.07. The standard InChI is InChI=1S/C8H8FN3/c1-6(12-5-10)8-7(9)3-2-4-11-8/h2-4,6,12H,1H3. The molecule has 1 unspecified atom stereocenters. The van der Waals surface area contributed by atoms with Gasteiger partial charge in [0.1, 0.15) is 5.82 Å². The minimum atomic E-state index is -0.396. The summed E-state index contributed by atoms with van der Waals surface area (Å²) >= 11 is 0. The first kappa shape index (κ1) is 8.47. The number of nitriles is 1. The second kappa shape index (κ2) is 3.67. The third-order valence-electron chi connectivity index (χ3n) is 1.48. The van der Waals surface area contributed by atoms with Gasteiger partial charge in [-0.05, 0) is 19.1 Å². The van der Waals surface area contributed by atoms with Crippen molar-refractivity contribution in [2.45, 2.75) is 13.0 Å². The highest BCUT2D eigenvalue weighted by Gasteiger charge is 2.09. The molecule has 62 valence electrons. The topological polar surface area (TPSA) is 48.7 Å². The van der Waals surface area contributed by atoms with Gasteiger partial charge in [-0.1, -0.05) is 0 Å². The van der Waals surface area contributed by atoms with Crippen LogP contribution in [0.5, 0.6) is 0 Å². The minimum absolute atomic E-state index is 0.263. The van der Waals surface area contributed by atoms with Crippen LogP contribution < -0.4 is 5.32 Å². The molecule has 0 fully saturated rings. The Morgan fingerprint density at radius 3 is 3.08 bits per heavy atom. The van der Waals surface area contributed by atoms with Gasteiger partial charge >= 0.3 is 0 Å². The molecule has 1 atom stereocenters. The molecule has 0 amide bonds. The van der Waals surface area contributed by atoms with Gasteiger partial charge in [-0.3, -0.25) is 4.98 Å². The SMILES string of the molecule is CC(NC#N)c1ncccc1F. The summed E-state index contributed by atoms with van der Waals surface area (Å²) in [4.78, 5) is 3.81. The Labute approximate surface area is 69.9 Å². The van der Waals surface area contributed by atoms with E-state index in [4.69, 9.17) is 5.26 Å². The number of hydrogen-bond donors (Lipinski definition) is 1. The number of hydrogen-bond acceptors (Lipinski definition) is 3. The Morgan fingerprint density at radius 1 is 1.75 bits per heavy atom. The number of pyridine rings is 1. The minimum Gasteiger partial charge on any atom is -0.315 e. The van der Waals surface area contributed by atoms with Gasteiger partial charge in [0.2, 0.25) is 0 Å². The van der Waals surface area contributed by atoms with E-state index >= 15 is 0 Å². The summed E-state index contributed by atoms with van der Waals surface area (Å²) in [5, 5.41) is 10.7. The summed E-state index contributed by atoms with van der Waals surface area (Å²) in [5.74, 6) is -0.396. The molecule has 0 radical (unpaired) electrons. The second-order valence-corrected chi connectivity index (χ2v) is 2.35. The predicted octanol–water partition coefficient (Wildman–Crippen LogP) is 1.35. The molecular formula is C8H8FN3. The summed E-state index contributed by atoms with van der Waals surface area (Å²) in [7, 11) is 0. The first-order chi connectivity index (χ1) is 5.75. The number of rotatable bonds is 2. The van der Waals surface area contributed by atoms with E-state index in [1.165, 1.54) is 18.3 Å². The third kappa shape index (κ3) is 1.70. The monoisotopic (exact) mass is 165 g/mol. The van der Waals surface area contributed by atoms with Crippen molar-refractivity contribution in [1.29, 1.82) is 5.26 Å². The zero-order valence-corrected chi connectivity index (χ0v) is 6.58. The van der Waals surface area contributed by atoms with E-state index in [2.05, 4.69) is 10.3 Å². The van der Waals surface area contributed by atoms with Gasteiger partial charge in [-0.15, -0.1) is 0 Å². The van der Waals surface area contributed by atoms with E-state index in [9.17, 15) is 4.39 Å². The van der Waals surface area contributed by atoms with E-state index in [1.807, 2.05) is 0 Å². The molecule has 0 aromatic carbocycles. The van der Waals surface area contributed by atoms with Crippen molar-refractivity contribution in [3.8, 4) is 6.19 Å². The second-order valence-electron chi connectivity index (χ2n) is 2.35. The maximum Gasteiger partial charge on any atom is 0.177 e. The molecule has 0 aliphatic carbocycles. The fraction of sp³-hybridized carbons (Fsp3) is 0.250. The van der Waals surface area contributed by atoms with Crippen LogP contribution in [0.1, 0.15) is 18.7 Å². The molecule has 1 aromatic heterocycles. The van der Waals surface area contributed by atoms with Crippen LogP contribution in [0.4, 0.5) is 4.39 Å². The lowest BCUT2D eigenvalue weighted by atomic mass is 10.2. The van der Waals surface area contributed by atoms with Crippen LogP contribution in [0.25, 0.3) is 0 Å². The summed E-state index contributed by atoms with van der Waals surface area (Å²) < 4.78 is 13.0. The Balaban J connectivity index is 2.88. The first-order valence-corrected chi connectivity index (χ1v) is 3.50. The average Bonchev–Trinajstić information content (AvgIpc) is 2.05. The fourth-order valence-corrected chi connectivity index (χ4v) is 0.882. The Bertz CT molecular complexity index is 305. The van der Waals surface area contributed by atoms with Gasteiger partial charge in [0, 0.05) is 6.20 Å². The Hall–Kier alpha value is -1.63. The summed E-state index contributed by atoms with van der Waals surface area (Å²) in [6, 6.07) is 2.45. The number of halogens is 1. The van der Waals surface area contributed by atoms with Crippen molar-refractivity contribution in [3.05, 3.63) is 29.8 Å². The molecular weight excluding hydrogens is 157 g/mol. The molecule has 4 heteroatoms. The van der Waals surface area contributed by atoms with E-state index in [0.29, 0.717) is 0 Å². The summed E-state index contributed by atoms with van der Waals surface area (Å²) in [6.45, 7) is 1.68. The first-order valence-electron chi connectivity index (χ1n) is 3.50. The molecule has 3 nitrogen and oxygen atoms in total. The highest BCUT2D eigenvalue weighted by Crippen LogP contribution is 2.11. The molecule has 0 bridgehead atoms. The van der Waals surface area contributed by atoms with Crippen LogP contribution in [0.3, 0.4) is 0 Å². The highest BCUT2D eigenvalue weighted by atomic mass is 19.1. The quantitative estimate of drug-likeness (QED) is 0.531.